The van der Waals surface area contributed by atoms with Crippen molar-refractivity contribution < 1.29 is 4.52 Å². The number of aryl methyl sites for hydroxylation is 1. The first kappa shape index (κ1) is 10.3. The molecule has 0 radical (unpaired) electrons. The van der Waals surface area contributed by atoms with Crippen molar-refractivity contribution in [3.05, 3.63) is 46.0 Å². The minimum atomic E-state index is -0.199. The molecule has 17 heavy (non-hydrogen) atoms. The zero-order valence-electron chi connectivity index (χ0n) is 9.59. The predicted octanol–water partition coefficient (Wildman–Crippen LogP) is 1.47. The zero-order chi connectivity index (χ0) is 11.8. The van der Waals surface area contributed by atoms with Gasteiger partial charge >= 0.3 is 5.69 Å². The van der Waals surface area contributed by atoms with E-state index in [-0.39, 0.29) is 5.69 Å². The molecule has 0 amide bonds. The van der Waals surface area contributed by atoms with Crippen LogP contribution in [0.2, 0.25) is 0 Å². The number of rotatable bonds is 3. The van der Waals surface area contributed by atoms with Gasteiger partial charge in [0, 0.05) is 17.7 Å². The van der Waals surface area contributed by atoms with Gasteiger partial charge in [-0.25, -0.2) is 4.79 Å². The molecule has 0 atom stereocenters. The van der Waals surface area contributed by atoms with Gasteiger partial charge < -0.3 is 4.52 Å². The molecule has 3 rings (SSSR count). The molecule has 1 saturated carbocycles. The van der Waals surface area contributed by atoms with Crippen LogP contribution in [0.3, 0.4) is 0 Å². The van der Waals surface area contributed by atoms with Crippen molar-refractivity contribution in [2.75, 3.05) is 0 Å². The van der Waals surface area contributed by atoms with Crippen molar-refractivity contribution in [3.63, 3.8) is 0 Å². The van der Waals surface area contributed by atoms with Gasteiger partial charge in [0.25, 0.3) is 0 Å². The third-order valence-electron chi connectivity index (χ3n) is 3.08. The number of aromatic nitrogens is 3. The molecule has 1 fully saturated rings. The molecule has 0 spiro atoms. The molecule has 0 aromatic carbocycles. The number of hydrogen-bond donors (Lipinski definition) is 0. The zero-order valence-corrected chi connectivity index (χ0v) is 9.59. The summed E-state index contributed by atoms with van der Waals surface area (Å²) in [5.41, 5.74) is 2.44. The van der Waals surface area contributed by atoms with Crippen molar-refractivity contribution in [3.8, 4) is 0 Å². The monoisotopic (exact) mass is 231 g/mol. The Bertz CT molecular complexity index is 596. The lowest BCUT2D eigenvalue weighted by Gasteiger charge is -2.04. The van der Waals surface area contributed by atoms with Crippen LogP contribution < -0.4 is 5.69 Å². The van der Waals surface area contributed by atoms with Gasteiger partial charge in [-0.15, -0.1) is 0 Å². The highest BCUT2D eigenvalue weighted by molar-refractivity contribution is 5.15. The first-order valence-corrected chi connectivity index (χ1v) is 5.71. The number of nitrogens with zero attached hydrogens (tertiary/aromatic N) is 3. The van der Waals surface area contributed by atoms with Crippen LogP contribution >= 0.6 is 0 Å². The van der Waals surface area contributed by atoms with Crippen LogP contribution in [-0.4, -0.2) is 14.7 Å². The van der Waals surface area contributed by atoms with Crippen LogP contribution in [0.5, 0.6) is 0 Å². The van der Waals surface area contributed by atoms with Crippen molar-refractivity contribution in [2.24, 2.45) is 0 Å². The first-order chi connectivity index (χ1) is 8.24. The Morgan fingerprint density at radius 2 is 2.35 bits per heavy atom. The van der Waals surface area contributed by atoms with E-state index in [4.69, 9.17) is 4.52 Å². The summed E-state index contributed by atoms with van der Waals surface area (Å²) >= 11 is 0. The fourth-order valence-electron chi connectivity index (χ4n) is 1.82. The molecule has 1 aliphatic rings. The molecule has 0 aliphatic heterocycles. The minimum absolute atomic E-state index is 0.199. The summed E-state index contributed by atoms with van der Waals surface area (Å²) < 4.78 is 6.42. The maximum absolute atomic E-state index is 11.8. The van der Waals surface area contributed by atoms with Crippen molar-refractivity contribution in [2.45, 2.75) is 32.2 Å². The highest BCUT2D eigenvalue weighted by Gasteiger charge is 2.25. The molecule has 0 bridgehead atoms. The molecule has 2 heterocycles. The summed E-state index contributed by atoms with van der Waals surface area (Å²) in [7, 11) is 0. The Hall–Kier alpha value is -1.91. The van der Waals surface area contributed by atoms with Crippen molar-refractivity contribution >= 4 is 0 Å². The van der Waals surface area contributed by atoms with E-state index in [0.29, 0.717) is 12.5 Å². The molecule has 1 aliphatic carbocycles. The molecule has 0 N–H and O–H groups in total. The maximum Gasteiger partial charge on any atom is 0.348 e. The predicted molar refractivity (Wildman–Crippen MR) is 60.8 cm³/mol. The summed E-state index contributed by atoms with van der Waals surface area (Å²) in [4.78, 5) is 15.9. The van der Waals surface area contributed by atoms with E-state index in [9.17, 15) is 4.79 Å². The Morgan fingerprint density at radius 3 is 2.94 bits per heavy atom. The largest absolute Gasteiger partial charge is 0.364 e. The Labute approximate surface area is 98.1 Å². The van der Waals surface area contributed by atoms with Gasteiger partial charge in [-0.3, -0.25) is 4.57 Å². The molecule has 0 saturated heterocycles. The fraction of sp³-hybridized carbons (Fsp3) is 0.417. The van der Waals surface area contributed by atoms with Gasteiger partial charge in [0.2, 0.25) is 0 Å². The second kappa shape index (κ2) is 3.84. The van der Waals surface area contributed by atoms with E-state index in [1.54, 1.807) is 17.0 Å². The van der Waals surface area contributed by atoms with E-state index in [2.05, 4.69) is 10.1 Å². The SMILES string of the molecule is Cc1nocc1Cn1ccc(C2CC2)nc1=O. The van der Waals surface area contributed by atoms with E-state index in [1.807, 2.05) is 13.0 Å². The summed E-state index contributed by atoms with van der Waals surface area (Å²) in [6, 6.07) is 1.93. The summed E-state index contributed by atoms with van der Waals surface area (Å²) in [6.45, 7) is 2.32. The van der Waals surface area contributed by atoms with Gasteiger partial charge in [0.1, 0.15) is 6.26 Å². The normalized spacial score (nSPS) is 15.1. The average molecular weight is 231 g/mol. The second-order valence-electron chi connectivity index (χ2n) is 4.46. The van der Waals surface area contributed by atoms with E-state index in [1.165, 1.54) is 0 Å². The molecule has 88 valence electrons. The quantitative estimate of drug-likeness (QED) is 0.802. The van der Waals surface area contributed by atoms with Crippen LogP contribution in [0.1, 0.15) is 35.7 Å². The Morgan fingerprint density at radius 1 is 1.53 bits per heavy atom. The summed E-state index contributed by atoms with van der Waals surface area (Å²) in [5.74, 6) is 0.509. The lowest BCUT2D eigenvalue weighted by Crippen LogP contribution is -2.23. The van der Waals surface area contributed by atoms with Crippen molar-refractivity contribution in [1.82, 2.24) is 14.7 Å². The third-order valence-corrected chi connectivity index (χ3v) is 3.08. The summed E-state index contributed by atoms with van der Waals surface area (Å²) in [5, 5.41) is 3.79. The molecule has 5 nitrogen and oxygen atoms in total. The van der Waals surface area contributed by atoms with Crippen LogP contribution in [-0.2, 0) is 6.54 Å². The molecule has 5 heteroatoms. The smallest absolute Gasteiger partial charge is 0.348 e. The van der Waals surface area contributed by atoms with Gasteiger partial charge in [-0.1, -0.05) is 5.16 Å². The number of hydrogen-bond acceptors (Lipinski definition) is 4. The topological polar surface area (TPSA) is 60.9 Å². The van der Waals surface area contributed by atoms with Crippen molar-refractivity contribution in [1.29, 1.82) is 0 Å². The highest BCUT2D eigenvalue weighted by Crippen LogP contribution is 2.38. The Kier molecular flexibility index (Phi) is 2.31. The maximum atomic E-state index is 11.8. The van der Waals surface area contributed by atoms with Gasteiger partial charge in [-0.05, 0) is 25.8 Å². The second-order valence-corrected chi connectivity index (χ2v) is 4.46. The van der Waals surface area contributed by atoms with Crippen LogP contribution in [0.15, 0.2) is 27.8 Å². The van der Waals surface area contributed by atoms with Gasteiger partial charge in [-0.2, -0.15) is 4.98 Å². The van der Waals surface area contributed by atoms with E-state index < -0.39 is 0 Å². The molecular formula is C12H13N3O2. The molecule has 2 aromatic rings. The van der Waals surface area contributed by atoms with Gasteiger partial charge in [0.15, 0.2) is 0 Å². The standard InChI is InChI=1S/C12H13N3O2/c1-8-10(7-17-14-8)6-15-5-4-11(9-2-3-9)13-12(15)16/h4-5,7,9H,2-3,6H2,1H3. The lowest BCUT2D eigenvalue weighted by molar-refractivity contribution is 0.414. The molecule has 2 aromatic heterocycles. The lowest BCUT2D eigenvalue weighted by atomic mass is 10.2. The van der Waals surface area contributed by atoms with E-state index in [0.717, 1.165) is 29.8 Å². The highest BCUT2D eigenvalue weighted by atomic mass is 16.5. The van der Waals surface area contributed by atoms with E-state index >= 15 is 0 Å². The van der Waals surface area contributed by atoms with Crippen LogP contribution in [0.25, 0.3) is 0 Å². The molecule has 0 unspecified atom stereocenters. The van der Waals surface area contributed by atoms with Crippen LogP contribution in [0, 0.1) is 6.92 Å². The third kappa shape index (κ3) is 2.00. The summed E-state index contributed by atoms with van der Waals surface area (Å²) in [6.07, 6.45) is 5.68. The first-order valence-electron chi connectivity index (χ1n) is 5.71. The minimum Gasteiger partial charge on any atom is -0.364 e. The molecular weight excluding hydrogens is 218 g/mol. The van der Waals surface area contributed by atoms with Crippen LogP contribution in [0.4, 0.5) is 0 Å². The average Bonchev–Trinajstić information content (AvgIpc) is 3.08. The van der Waals surface area contributed by atoms with Gasteiger partial charge in [0.05, 0.1) is 17.9 Å². The Balaban J connectivity index is 1.88. The fourth-order valence-corrected chi connectivity index (χ4v) is 1.82.